The van der Waals surface area contributed by atoms with Gasteiger partial charge in [-0.05, 0) is 29.8 Å². The summed E-state index contributed by atoms with van der Waals surface area (Å²) in [7, 11) is 0. The Hall–Kier alpha value is -3.75. The van der Waals surface area contributed by atoms with Crippen LogP contribution in [-0.2, 0) is 0 Å². The van der Waals surface area contributed by atoms with Crippen molar-refractivity contribution in [2.24, 2.45) is 0 Å². The summed E-state index contributed by atoms with van der Waals surface area (Å²) in [5, 5.41) is 2.03. The Morgan fingerprint density at radius 1 is 1.00 bits per heavy atom. The molecular formula is C20H14F3N5O. The van der Waals surface area contributed by atoms with E-state index in [1.54, 1.807) is 36.8 Å². The second-order valence-electron chi connectivity index (χ2n) is 6.23. The number of hydrogen-bond acceptors (Lipinski definition) is 4. The van der Waals surface area contributed by atoms with Crippen LogP contribution in [-0.4, -0.2) is 31.4 Å². The van der Waals surface area contributed by atoms with E-state index >= 15 is 0 Å². The number of nitrogens with zero attached hydrogens (tertiary/aromatic N) is 4. The molecular weight excluding hydrogens is 383 g/mol. The summed E-state index contributed by atoms with van der Waals surface area (Å²) in [6, 6.07) is 7.57. The second kappa shape index (κ2) is 7.34. The van der Waals surface area contributed by atoms with Crippen molar-refractivity contribution in [3.63, 3.8) is 0 Å². The number of rotatable bonds is 4. The molecule has 1 amide bonds. The van der Waals surface area contributed by atoms with E-state index in [0.29, 0.717) is 5.52 Å². The van der Waals surface area contributed by atoms with Crippen molar-refractivity contribution in [2.75, 3.05) is 0 Å². The normalized spacial score (nSPS) is 12.7. The molecule has 146 valence electrons. The number of amides is 1. The monoisotopic (exact) mass is 397 g/mol. The zero-order valence-corrected chi connectivity index (χ0v) is 14.8. The molecule has 4 heterocycles. The first kappa shape index (κ1) is 18.6. The van der Waals surface area contributed by atoms with Crippen molar-refractivity contribution in [3.8, 4) is 11.1 Å². The number of alkyl halides is 3. The van der Waals surface area contributed by atoms with Gasteiger partial charge in [0, 0.05) is 42.1 Å². The highest BCUT2D eigenvalue weighted by Crippen LogP contribution is 2.32. The van der Waals surface area contributed by atoms with Gasteiger partial charge in [-0.3, -0.25) is 19.2 Å². The fourth-order valence-electron chi connectivity index (χ4n) is 3.06. The van der Waals surface area contributed by atoms with Gasteiger partial charge in [0.15, 0.2) is 6.04 Å². The summed E-state index contributed by atoms with van der Waals surface area (Å²) < 4.78 is 42.1. The zero-order valence-electron chi connectivity index (χ0n) is 14.8. The number of pyridine rings is 3. The molecule has 6 nitrogen and oxygen atoms in total. The molecule has 0 spiro atoms. The molecule has 0 aromatic carbocycles. The predicted molar refractivity (Wildman–Crippen MR) is 98.9 cm³/mol. The van der Waals surface area contributed by atoms with E-state index in [9.17, 15) is 18.0 Å². The van der Waals surface area contributed by atoms with Gasteiger partial charge in [0.2, 0.25) is 5.82 Å². The fourth-order valence-corrected chi connectivity index (χ4v) is 3.06. The molecule has 0 saturated heterocycles. The summed E-state index contributed by atoms with van der Waals surface area (Å²) in [5.41, 5.74) is 2.06. The lowest BCUT2D eigenvalue weighted by Crippen LogP contribution is -2.38. The maximum Gasteiger partial charge on any atom is 0.412 e. The summed E-state index contributed by atoms with van der Waals surface area (Å²) in [5.74, 6) is -1.09. The summed E-state index contributed by atoms with van der Waals surface area (Å²) in [4.78, 5) is 24.4. The maximum absolute atomic E-state index is 13.5. The van der Waals surface area contributed by atoms with Crippen molar-refractivity contribution >= 4 is 11.4 Å². The van der Waals surface area contributed by atoms with Gasteiger partial charge in [0.05, 0.1) is 11.7 Å². The third-order valence-corrected chi connectivity index (χ3v) is 4.39. The number of hydrogen-bond donors (Lipinski definition) is 1. The molecule has 0 fully saturated rings. The molecule has 4 aromatic heterocycles. The Bertz CT molecular complexity index is 1140. The van der Waals surface area contributed by atoms with Crippen LogP contribution in [0.1, 0.15) is 22.2 Å². The smallest absolute Gasteiger partial charge is 0.334 e. The Kier molecular flexibility index (Phi) is 4.71. The Morgan fingerprint density at radius 2 is 1.79 bits per heavy atom. The SMILES string of the molecule is O=C(NC(c1cccnc1)C(F)(F)F)c1ncc2c(-c3ccncc3)cccn12. The lowest BCUT2D eigenvalue weighted by atomic mass is 10.1. The van der Waals surface area contributed by atoms with Crippen LogP contribution in [0.4, 0.5) is 13.2 Å². The zero-order chi connectivity index (χ0) is 20.4. The molecule has 29 heavy (non-hydrogen) atoms. The van der Waals surface area contributed by atoms with Crippen LogP contribution in [0.15, 0.2) is 73.6 Å². The molecule has 1 unspecified atom stereocenters. The predicted octanol–water partition coefficient (Wildman–Crippen LogP) is 3.82. The molecule has 0 aliphatic carbocycles. The number of aromatic nitrogens is 4. The van der Waals surface area contributed by atoms with Crippen molar-refractivity contribution in [1.29, 1.82) is 0 Å². The van der Waals surface area contributed by atoms with Crippen LogP contribution in [0, 0.1) is 0 Å². The van der Waals surface area contributed by atoms with E-state index in [0.717, 1.165) is 17.3 Å². The minimum absolute atomic E-state index is 0.144. The van der Waals surface area contributed by atoms with E-state index in [1.165, 1.54) is 28.9 Å². The van der Waals surface area contributed by atoms with Crippen LogP contribution >= 0.6 is 0 Å². The summed E-state index contributed by atoms with van der Waals surface area (Å²) >= 11 is 0. The van der Waals surface area contributed by atoms with Crippen molar-refractivity contribution < 1.29 is 18.0 Å². The van der Waals surface area contributed by atoms with Crippen LogP contribution in [0.3, 0.4) is 0 Å². The van der Waals surface area contributed by atoms with Gasteiger partial charge >= 0.3 is 6.18 Å². The van der Waals surface area contributed by atoms with Crippen molar-refractivity contribution in [2.45, 2.75) is 12.2 Å². The van der Waals surface area contributed by atoms with Crippen molar-refractivity contribution in [3.05, 3.63) is 85.0 Å². The molecule has 9 heteroatoms. The van der Waals surface area contributed by atoms with Gasteiger partial charge in [-0.15, -0.1) is 0 Å². The van der Waals surface area contributed by atoms with Crippen molar-refractivity contribution in [1.82, 2.24) is 24.7 Å². The Morgan fingerprint density at radius 3 is 2.48 bits per heavy atom. The fraction of sp³-hybridized carbons (Fsp3) is 0.100. The summed E-state index contributed by atoms with van der Waals surface area (Å²) in [6.07, 6.45) is 4.04. The number of carbonyl (C=O) groups is 1. The molecule has 0 saturated carbocycles. The number of imidazole rings is 1. The van der Waals surface area contributed by atoms with E-state index in [4.69, 9.17) is 0 Å². The minimum atomic E-state index is -4.69. The first-order chi connectivity index (χ1) is 13.9. The second-order valence-corrected chi connectivity index (χ2v) is 6.23. The van der Waals surface area contributed by atoms with Gasteiger partial charge in [0.25, 0.3) is 5.91 Å². The number of fused-ring (bicyclic) bond motifs is 1. The van der Waals surface area contributed by atoms with Gasteiger partial charge in [-0.25, -0.2) is 4.98 Å². The Labute approximate surface area is 163 Å². The third-order valence-electron chi connectivity index (χ3n) is 4.39. The topological polar surface area (TPSA) is 72.2 Å². The average Bonchev–Trinajstić information content (AvgIpc) is 3.16. The summed E-state index contributed by atoms with van der Waals surface area (Å²) in [6.45, 7) is 0. The lowest BCUT2D eigenvalue weighted by molar-refractivity contribution is -0.155. The average molecular weight is 397 g/mol. The molecule has 0 aliphatic heterocycles. The molecule has 4 aromatic rings. The van der Waals surface area contributed by atoms with E-state index in [2.05, 4.69) is 15.0 Å². The van der Waals surface area contributed by atoms with E-state index in [1.807, 2.05) is 11.4 Å². The highest BCUT2D eigenvalue weighted by molar-refractivity contribution is 5.93. The lowest BCUT2D eigenvalue weighted by Gasteiger charge is -2.21. The largest absolute Gasteiger partial charge is 0.412 e. The number of halogens is 3. The van der Waals surface area contributed by atoms with E-state index < -0.39 is 18.1 Å². The third kappa shape index (κ3) is 3.66. The highest BCUT2D eigenvalue weighted by Gasteiger charge is 2.42. The first-order valence-corrected chi connectivity index (χ1v) is 8.59. The molecule has 4 rings (SSSR count). The maximum atomic E-state index is 13.5. The number of carbonyl (C=O) groups excluding carboxylic acids is 1. The molecule has 1 N–H and O–H groups in total. The van der Waals surface area contributed by atoms with Crippen LogP contribution in [0.25, 0.3) is 16.6 Å². The molecule has 0 aliphatic rings. The highest BCUT2D eigenvalue weighted by atomic mass is 19.4. The van der Waals surface area contributed by atoms with Crippen LogP contribution in [0.2, 0.25) is 0 Å². The molecule has 0 radical (unpaired) electrons. The van der Waals surface area contributed by atoms with E-state index in [-0.39, 0.29) is 11.4 Å². The Balaban J connectivity index is 1.71. The molecule has 0 bridgehead atoms. The van der Waals surface area contributed by atoms with Gasteiger partial charge in [-0.1, -0.05) is 12.1 Å². The quantitative estimate of drug-likeness (QED) is 0.568. The van der Waals surface area contributed by atoms with Crippen LogP contribution in [0.5, 0.6) is 0 Å². The standard InChI is InChI=1S/C20H14F3N5O/c21-20(22,23)17(14-3-1-7-25-11-14)27-19(29)18-26-12-16-15(4-2-10-28(16)18)13-5-8-24-9-6-13/h1-12,17H,(H,27,29). The molecule has 1 atom stereocenters. The van der Waals surface area contributed by atoms with Gasteiger partial charge in [-0.2, -0.15) is 13.2 Å². The van der Waals surface area contributed by atoms with Gasteiger partial charge < -0.3 is 5.32 Å². The van der Waals surface area contributed by atoms with Gasteiger partial charge in [0.1, 0.15) is 0 Å². The van der Waals surface area contributed by atoms with Crippen LogP contribution < -0.4 is 5.32 Å². The number of nitrogens with one attached hydrogen (secondary N) is 1. The first-order valence-electron chi connectivity index (χ1n) is 8.59. The minimum Gasteiger partial charge on any atom is -0.334 e.